The third-order valence-electron chi connectivity index (χ3n) is 2.76. The zero-order valence-corrected chi connectivity index (χ0v) is 11.3. The minimum Gasteiger partial charge on any atom is -0.241 e. The molecule has 0 fully saturated rings. The lowest BCUT2D eigenvalue weighted by Gasteiger charge is -2.18. The molecule has 1 aromatic carbocycles. The van der Waals surface area contributed by atoms with Crippen LogP contribution in [0.4, 0.5) is 0 Å². The van der Waals surface area contributed by atoms with Gasteiger partial charge in [0.05, 0.1) is 15.2 Å². The highest BCUT2D eigenvalue weighted by Gasteiger charge is 2.14. The number of aryl methyl sites for hydroxylation is 1. The Labute approximate surface area is 102 Å². The molecule has 0 amide bonds. The van der Waals surface area contributed by atoms with Gasteiger partial charge in [-0.1, -0.05) is 33.8 Å². The van der Waals surface area contributed by atoms with Crippen LogP contribution >= 0.6 is 11.3 Å². The fraction of sp³-hybridized carbons (Fsp3) is 0.500. The quantitative estimate of drug-likeness (QED) is 0.741. The summed E-state index contributed by atoms with van der Waals surface area (Å²) in [5.41, 5.74) is 2.75. The first kappa shape index (κ1) is 11.6. The molecule has 0 bridgehead atoms. The zero-order valence-electron chi connectivity index (χ0n) is 10.5. The standard InChI is InChI=1S/C14H19NS/c1-5-6-13-15-11-9-10(14(2,3)4)7-8-12(11)16-13/h7-9H,5-6H2,1-4H3. The van der Waals surface area contributed by atoms with Crippen molar-refractivity contribution in [1.82, 2.24) is 4.98 Å². The van der Waals surface area contributed by atoms with E-state index in [0.717, 1.165) is 6.42 Å². The molecule has 1 heterocycles. The Morgan fingerprint density at radius 1 is 1.25 bits per heavy atom. The van der Waals surface area contributed by atoms with E-state index in [9.17, 15) is 0 Å². The molecule has 0 saturated heterocycles. The van der Waals surface area contributed by atoms with Crippen molar-refractivity contribution in [3.8, 4) is 0 Å². The van der Waals surface area contributed by atoms with Gasteiger partial charge in [0.1, 0.15) is 0 Å². The Morgan fingerprint density at radius 2 is 2.00 bits per heavy atom. The van der Waals surface area contributed by atoms with Crippen molar-refractivity contribution in [2.24, 2.45) is 0 Å². The van der Waals surface area contributed by atoms with Gasteiger partial charge >= 0.3 is 0 Å². The molecule has 0 aliphatic rings. The van der Waals surface area contributed by atoms with Gasteiger partial charge in [-0.3, -0.25) is 0 Å². The van der Waals surface area contributed by atoms with E-state index in [2.05, 4.69) is 45.9 Å². The molecule has 0 radical (unpaired) electrons. The van der Waals surface area contributed by atoms with E-state index >= 15 is 0 Å². The van der Waals surface area contributed by atoms with Crippen molar-refractivity contribution in [1.29, 1.82) is 0 Å². The molecule has 0 spiro atoms. The van der Waals surface area contributed by atoms with Crippen LogP contribution in [0, 0.1) is 0 Å². The Hall–Kier alpha value is -0.890. The maximum absolute atomic E-state index is 4.70. The van der Waals surface area contributed by atoms with Crippen LogP contribution in [0.2, 0.25) is 0 Å². The molecule has 0 N–H and O–H groups in total. The summed E-state index contributed by atoms with van der Waals surface area (Å²) >= 11 is 1.83. The van der Waals surface area contributed by atoms with Crippen LogP contribution in [0.3, 0.4) is 0 Å². The topological polar surface area (TPSA) is 12.9 Å². The van der Waals surface area contributed by atoms with Crippen LogP contribution in [0.15, 0.2) is 18.2 Å². The molecule has 2 rings (SSSR count). The van der Waals surface area contributed by atoms with Gasteiger partial charge < -0.3 is 0 Å². The smallest absolute Gasteiger partial charge is 0.0938 e. The van der Waals surface area contributed by atoms with Crippen LogP contribution in [0.5, 0.6) is 0 Å². The third kappa shape index (κ3) is 2.27. The molecule has 0 unspecified atom stereocenters. The lowest BCUT2D eigenvalue weighted by atomic mass is 9.87. The van der Waals surface area contributed by atoms with Crippen molar-refractivity contribution in [2.75, 3.05) is 0 Å². The van der Waals surface area contributed by atoms with Crippen LogP contribution in [-0.4, -0.2) is 4.98 Å². The maximum atomic E-state index is 4.70. The predicted molar refractivity (Wildman–Crippen MR) is 72.3 cm³/mol. The first-order chi connectivity index (χ1) is 7.50. The summed E-state index contributed by atoms with van der Waals surface area (Å²) < 4.78 is 1.32. The molecule has 16 heavy (non-hydrogen) atoms. The summed E-state index contributed by atoms with van der Waals surface area (Å²) in [6.45, 7) is 8.93. The molecule has 0 aliphatic heterocycles. The third-order valence-corrected chi connectivity index (χ3v) is 3.86. The molecule has 0 atom stereocenters. The van der Waals surface area contributed by atoms with Gasteiger partial charge in [-0.25, -0.2) is 4.98 Å². The molecule has 1 aromatic heterocycles. The van der Waals surface area contributed by atoms with Gasteiger partial charge in [0, 0.05) is 0 Å². The van der Waals surface area contributed by atoms with E-state index in [4.69, 9.17) is 4.98 Å². The van der Waals surface area contributed by atoms with Crippen LogP contribution in [0.25, 0.3) is 10.2 Å². The summed E-state index contributed by atoms with van der Waals surface area (Å²) in [5, 5.41) is 1.27. The van der Waals surface area contributed by atoms with Crippen LogP contribution in [-0.2, 0) is 11.8 Å². The predicted octanol–water partition coefficient (Wildman–Crippen LogP) is 4.55. The van der Waals surface area contributed by atoms with Gasteiger partial charge in [0.2, 0.25) is 0 Å². The summed E-state index contributed by atoms with van der Waals surface area (Å²) in [6.07, 6.45) is 2.27. The van der Waals surface area contributed by atoms with Gasteiger partial charge in [-0.2, -0.15) is 0 Å². The molecule has 2 aromatic rings. The first-order valence-electron chi connectivity index (χ1n) is 5.90. The van der Waals surface area contributed by atoms with E-state index in [1.807, 2.05) is 11.3 Å². The Balaban J connectivity index is 2.46. The molecule has 0 saturated carbocycles. The van der Waals surface area contributed by atoms with Crippen molar-refractivity contribution < 1.29 is 0 Å². The molecule has 86 valence electrons. The monoisotopic (exact) mass is 233 g/mol. The number of hydrogen-bond acceptors (Lipinski definition) is 2. The van der Waals surface area contributed by atoms with E-state index in [1.165, 1.54) is 27.2 Å². The normalized spacial score (nSPS) is 12.2. The minimum absolute atomic E-state index is 0.211. The van der Waals surface area contributed by atoms with Gasteiger partial charge in [-0.15, -0.1) is 11.3 Å². The van der Waals surface area contributed by atoms with Crippen LogP contribution < -0.4 is 0 Å². The van der Waals surface area contributed by atoms with E-state index in [-0.39, 0.29) is 5.41 Å². The number of hydrogen-bond donors (Lipinski definition) is 0. The number of nitrogens with zero attached hydrogens (tertiary/aromatic N) is 1. The second kappa shape index (κ2) is 4.17. The van der Waals surface area contributed by atoms with Gasteiger partial charge in [0.25, 0.3) is 0 Å². The van der Waals surface area contributed by atoms with Crippen molar-refractivity contribution in [2.45, 2.75) is 46.0 Å². The molecular weight excluding hydrogens is 214 g/mol. The first-order valence-corrected chi connectivity index (χ1v) is 6.72. The highest BCUT2D eigenvalue weighted by atomic mass is 32.1. The summed E-state index contributed by atoms with van der Waals surface area (Å²) in [5.74, 6) is 0. The summed E-state index contributed by atoms with van der Waals surface area (Å²) in [4.78, 5) is 4.70. The largest absolute Gasteiger partial charge is 0.241 e. The molecule has 0 aliphatic carbocycles. The fourth-order valence-electron chi connectivity index (χ4n) is 1.76. The highest BCUT2D eigenvalue weighted by Crippen LogP contribution is 2.29. The lowest BCUT2D eigenvalue weighted by Crippen LogP contribution is -2.10. The van der Waals surface area contributed by atoms with Crippen molar-refractivity contribution in [3.05, 3.63) is 28.8 Å². The zero-order chi connectivity index (χ0) is 11.8. The number of rotatable bonds is 2. The molecule has 2 heteroatoms. The van der Waals surface area contributed by atoms with Gasteiger partial charge in [0.15, 0.2) is 0 Å². The second-order valence-corrected chi connectivity index (χ2v) is 6.41. The average Bonchev–Trinajstić information content (AvgIpc) is 2.57. The highest BCUT2D eigenvalue weighted by molar-refractivity contribution is 7.18. The summed E-state index contributed by atoms with van der Waals surface area (Å²) in [6, 6.07) is 6.69. The Kier molecular flexibility index (Phi) is 3.02. The van der Waals surface area contributed by atoms with Crippen molar-refractivity contribution in [3.63, 3.8) is 0 Å². The van der Waals surface area contributed by atoms with E-state index < -0.39 is 0 Å². The van der Waals surface area contributed by atoms with E-state index in [0.29, 0.717) is 0 Å². The number of fused-ring (bicyclic) bond motifs is 1. The lowest BCUT2D eigenvalue weighted by molar-refractivity contribution is 0.591. The van der Waals surface area contributed by atoms with Crippen LogP contribution in [0.1, 0.15) is 44.7 Å². The number of benzene rings is 1. The van der Waals surface area contributed by atoms with Crippen molar-refractivity contribution >= 4 is 21.6 Å². The Bertz CT molecular complexity index is 491. The summed E-state index contributed by atoms with van der Waals surface area (Å²) in [7, 11) is 0. The van der Waals surface area contributed by atoms with E-state index in [1.54, 1.807) is 0 Å². The average molecular weight is 233 g/mol. The fourth-order valence-corrected chi connectivity index (χ4v) is 2.81. The minimum atomic E-state index is 0.211. The molecular formula is C14H19NS. The second-order valence-electron chi connectivity index (χ2n) is 5.29. The Morgan fingerprint density at radius 3 is 2.62 bits per heavy atom. The maximum Gasteiger partial charge on any atom is 0.0938 e. The number of thiazole rings is 1. The molecule has 1 nitrogen and oxygen atoms in total. The number of aromatic nitrogens is 1. The SMILES string of the molecule is CCCc1nc2cc(C(C)(C)C)ccc2s1. The van der Waals surface area contributed by atoms with Gasteiger partial charge in [-0.05, 0) is 36.0 Å².